The number of likely N-dealkylation sites (N-methyl/N-ethyl adjacent to an activating group) is 1. The van der Waals surface area contributed by atoms with E-state index in [0.29, 0.717) is 13.2 Å². The van der Waals surface area contributed by atoms with Crippen molar-refractivity contribution >= 4 is 29.2 Å². The van der Waals surface area contributed by atoms with Gasteiger partial charge in [-0.2, -0.15) is 0 Å². The number of aromatic nitrogens is 2. The number of hydrogen-bond donors (Lipinski definition) is 5. The smallest absolute Gasteiger partial charge is 0.305 e. The largest absolute Gasteiger partial charge is 0.481 e. The molecule has 1 rings (SSSR count). The molecular weight excluding hydrogens is 462 g/mol. The molecule has 0 aliphatic rings. The van der Waals surface area contributed by atoms with Gasteiger partial charge < -0.3 is 31.4 Å². The Morgan fingerprint density at radius 3 is 2.60 bits per heavy atom. The predicted molar refractivity (Wildman–Crippen MR) is 128 cm³/mol. The third kappa shape index (κ3) is 9.42. The van der Waals surface area contributed by atoms with E-state index in [1.807, 2.05) is 0 Å². The van der Waals surface area contributed by atoms with E-state index in [0.717, 1.165) is 4.57 Å². The zero-order chi connectivity index (χ0) is 26.5. The molecule has 0 aliphatic heterocycles. The maximum atomic E-state index is 13.0. The summed E-state index contributed by atoms with van der Waals surface area (Å²) in [4.78, 5) is 55.6. The SMILES string of the molecule is CCC(C(=O)NC(CC(=O)O)C(=O)CN(C)CCOC)n1ccnc(NC/C(=N/O)C(C)N)c1=O. The van der Waals surface area contributed by atoms with Crippen molar-refractivity contribution in [2.24, 2.45) is 10.9 Å². The van der Waals surface area contributed by atoms with Gasteiger partial charge in [-0.3, -0.25) is 28.6 Å². The number of Topliss-reactive ketones (excluding diaryl/α,β-unsaturated/α-hetero) is 1. The summed E-state index contributed by atoms with van der Waals surface area (Å²) in [6.45, 7) is 3.97. The van der Waals surface area contributed by atoms with Gasteiger partial charge in [0.25, 0.3) is 5.56 Å². The van der Waals surface area contributed by atoms with Crippen LogP contribution < -0.4 is 21.9 Å². The van der Waals surface area contributed by atoms with Gasteiger partial charge >= 0.3 is 5.97 Å². The first-order chi connectivity index (χ1) is 16.5. The van der Waals surface area contributed by atoms with E-state index in [2.05, 4.69) is 20.8 Å². The quantitative estimate of drug-likeness (QED) is 0.105. The molecule has 0 radical (unpaired) electrons. The number of aliphatic carboxylic acids is 1. The minimum atomic E-state index is -1.27. The van der Waals surface area contributed by atoms with Crippen LogP contribution in [0.5, 0.6) is 0 Å². The third-order valence-electron chi connectivity index (χ3n) is 5.17. The zero-order valence-electron chi connectivity index (χ0n) is 20.4. The number of ether oxygens (including phenoxy) is 1. The van der Waals surface area contributed by atoms with Crippen molar-refractivity contribution in [2.45, 2.75) is 44.8 Å². The monoisotopic (exact) mass is 497 g/mol. The maximum absolute atomic E-state index is 13.0. The highest BCUT2D eigenvalue weighted by Gasteiger charge is 2.29. The van der Waals surface area contributed by atoms with E-state index in [1.165, 1.54) is 19.5 Å². The first-order valence-electron chi connectivity index (χ1n) is 11.0. The average Bonchev–Trinajstić information content (AvgIpc) is 2.79. The fraction of sp³-hybridized carbons (Fsp3) is 0.619. The highest BCUT2D eigenvalue weighted by molar-refractivity contribution is 5.94. The van der Waals surface area contributed by atoms with Gasteiger partial charge in [0.05, 0.1) is 37.9 Å². The molecule has 1 aromatic heterocycles. The molecule has 14 heteroatoms. The summed E-state index contributed by atoms with van der Waals surface area (Å²) in [5.41, 5.74) is 5.25. The van der Waals surface area contributed by atoms with Crippen molar-refractivity contribution in [3.05, 3.63) is 22.7 Å². The Bertz CT molecular complexity index is 948. The lowest BCUT2D eigenvalue weighted by molar-refractivity contribution is -0.140. The lowest BCUT2D eigenvalue weighted by atomic mass is 10.1. The van der Waals surface area contributed by atoms with Gasteiger partial charge in [0.15, 0.2) is 11.6 Å². The Morgan fingerprint density at radius 2 is 2.06 bits per heavy atom. The van der Waals surface area contributed by atoms with Gasteiger partial charge in [-0.1, -0.05) is 12.1 Å². The van der Waals surface area contributed by atoms with Crippen molar-refractivity contribution in [3.63, 3.8) is 0 Å². The molecule has 3 atom stereocenters. The van der Waals surface area contributed by atoms with Gasteiger partial charge in [0.1, 0.15) is 6.04 Å². The number of nitrogens with two attached hydrogens (primary N) is 1. The number of oxime groups is 1. The van der Waals surface area contributed by atoms with Crippen LogP contribution in [-0.4, -0.2) is 101 Å². The Labute approximate surface area is 203 Å². The van der Waals surface area contributed by atoms with Crippen molar-refractivity contribution in [2.75, 3.05) is 45.7 Å². The maximum Gasteiger partial charge on any atom is 0.305 e. The molecule has 0 spiro atoms. The molecule has 0 aliphatic carbocycles. The second kappa shape index (κ2) is 14.8. The molecule has 196 valence electrons. The average molecular weight is 498 g/mol. The molecule has 1 aromatic rings. The Hall–Kier alpha value is -3.36. The van der Waals surface area contributed by atoms with Crippen molar-refractivity contribution in [1.29, 1.82) is 0 Å². The van der Waals surface area contributed by atoms with E-state index < -0.39 is 47.8 Å². The summed E-state index contributed by atoms with van der Waals surface area (Å²) >= 11 is 0. The molecule has 1 heterocycles. The van der Waals surface area contributed by atoms with Crippen LogP contribution in [0.25, 0.3) is 0 Å². The summed E-state index contributed by atoms with van der Waals surface area (Å²) in [5.74, 6) is -2.51. The number of nitrogens with zero attached hydrogens (tertiary/aromatic N) is 4. The van der Waals surface area contributed by atoms with Crippen LogP contribution in [-0.2, 0) is 19.1 Å². The highest BCUT2D eigenvalue weighted by Crippen LogP contribution is 2.11. The zero-order valence-corrected chi connectivity index (χ0v) is 20.4. The number of methoxy groups -OCH3 is 1. The molecule has 14 nitrogen and oxygen atoms in total. The summed E-state index contributed by atoms with van der Waals surface area (Å²) < 4.78 is 6.10. The number of anilines is 1. The summed E-state index contributed by atoms with van der Waals surface area (Å²) in [6, 6.07) is -2.87. The summed E-state index contributed by atoms with van der Waals surface area (Å²) in [6.07, 6.45) is 2.21. The minimum absolute atomic E-state index is 0.0464. The van der Waals surface area contributed by atoms with Gasteiger partial charge in [0, 0.05) is 32.1 Å². The molecule has 0 fully saturated rings. The second-order valence-corrected chi connectivity index (χ2v) is 8.00. The van der Waals surface area contributed by atoms with E-state index in [-0.39, 0.29) is 31.0 Å². The van der Waals surface area contributed by atoms with Gasteiger partial charge in [-0.25, -0.2) is 4.98 Å². The Kier molecular flexibility index (Phi) is 12.6. The standard InChI is InChI=1S/C21H35N7O7/c1-5-16(28-7-6-23-19(21(28)33)24-11-15(26-34)13(2)22)20(32)25-14(10-18(30)31)17(29)12-27(3)8-9-35-4/h6-7,13-14,16,34H,5,8-12,22H2,1-4H3,(H,23,24)(H,25,32)(H,30,31)/b26-15-. The Morgan fingerprint density at radius 1 is 1.37 bits per heavy atom. The number of amides is 1. The topological polar surface area (TPSA) is 201 Å². The summed E-state index contributed by atoms with van der Waals surface area (Å²) in [5, 5.41) is 26.5. The van der Waals surface area contributed by atoms with Crippen LogP contribution in [0, 0.1) is 0 Å². The lowest BCUT2D eigenvalue weighted by Gasteiger charge is -2.24. The minimum Gasteiger partial charge on any atom is -0.481 e. The molecule has 0 bridgehead atoms. The highest BCUT2D eigenvalue weighted by atomic mass is 16.5. The third-order valence-corrected chi connectivity index (χ3v) is 5.17. The molecule has 35 heavy (non-hydrogen) atoms. The number of ketones is 1. The first-order valence-corrected chi connectivity index (χ1v) is 11.0. The number of carboxylic acids is 1. The first kappa shape index (κ1) is 29.7. The predicted octanol–water partition coefficient (Wildman–Crippen LogP) is -1.11. The number of hydrogen-bond acceptors (Lipinski definition) is 11. The second-order valence-electron chi connectivity index (χ2n) is 8.00. The Balaban J connectivity index is 3.07. The number of carboxylic acid groups (broad SMARTS) is 1. The van der Waals surface area contributed by atoms with Crippen LogP contribution in [0.1, 0.15) is 32.7 Å². The van der Waals surface area contributed by atoms with Crippen LogP contribution in [0.4, 0.5) is 5.82 Å². The number of carbonyl (C=O) groups excluding carboxylic acids is 2. The summed E-state index contributed by atoms with van der Waals surface area (Å²) in [7, 11) is 3.20. The van der Waals surface area contributed by atoms with Crippen LogP contribution in [0.2, 0.25) is 0 Å². The number of nitrogens with one attached hydrogen (secondary N) is 2. The molecule has 0 saturated heterocycles. The van der Waals surface area contributed by atoms with Crippen LogP contribution in [0.3, 0.4) is 0 Å². The van der Waals surface area contributed by atoms with E-state index >= 15 is 0 Å². The van der Waals surface area contributed by atoms with Crippen LogP contribution >= 0.6 is 0 Å². The molecule has 1 amide bonds. The van der Waals surface area contributed by atoms with Crippen molar-refractivity contribution < 1.29 is 29.4 Å². The molecule has 0 aromatic carbocycles. The van der Waals surface area contributed by atoms with Gasteiger partial charge in [0.2, 0.25) is 5.91 Å². The van der Waals surface area contributed by atoms with E-state index in [9.17, 15) is 24.3 Å². The number of carbonyl (C=O) groups is 3. The van der Waals surface area contributed by atoms with Crippen molar-refractivity contribution in [3.8, 4) is 0 Å². The van der Waals surface area contributed by atoms with Gasteiger partial charge in [-0.15, -0.1) is 0 Å². The normalized spacial score (nSPS) is 14.3. The molecule has 6 N–H and O–H groups in total. The van der Waals surface area contributed by atoms with Crippen LogP contribution in [0.15, 0.2) is 22.3 Å². The van der Waals surface area contributed by atoms with E-state index in [1.54, 1.807) is 25.8 Å². The fourth-order valence-corrected chi connectivity index (χ4v) is 3.15. The van der Waals surface area contributed by atoms with Crippen molar-refractivity contribution in [1.82, 2.24) is 19.8 Å². The lowest BCUT2D eigenvalue weighted by Crippen LogP contribution is -2.49. The van der Waals surface area contributed by atoms with E-state index in [4.69, 9.17) is 15.7 Å². The molecule has 3 unspecified atom stereocenters. The van der Waals surface area contributed by atoms with Gasteiger partial charge in [-0.05, 0) is 20.4 Å². The number of rotatable bonds is 16. The fourth-order valence-electron chi connectivity index (χ4n) is 3.15. The molecule has 0 saturated carbocycles. The molecular formula is C21H35N7O7.